The SMILES string of the molecule is COc1ccc(Cl)c(-n2c(=S)[nH]c3cc(I)ccc32)c1. The lowest BCUT2D eigenvalue weighted by molar-refractivity contribution is 0.414. The quantitative estimate of drug-likeness (QED) is 0.473. The predicted molar refractivity (Wildman–Crippen MR) is 92.7 cm³/mol. The van der Waals surface area contributed by atoms with Crippen LogP contribution in [-0.4, -0.2) is 16.7 Å². The van der Waals surface area contributed by atoms with Crippen molar-refractivity contribution < 1.29 is 4.74 Å². The Kier molecular flexibility index (Phi) is 3.74. The monoisotopic (exact) mass is 416 g/mol. The summed E-state index contributed by atoms with van der Waals surface area (Å²) in [4.78, 5) is 3.20. The molecule has 1 N–H and O–H groups in total. The average molecular weight is 417 g/mol. The largest absolute Gasteiger partial charge is 0.497 e. The van der Waals surface area contributed by atoms with E-state index >= 15 is 0 Å². The number of halogens is 2. The van der Waals surface area contributed by atoms with Gasteiger partial charge in [0.1, 0.15) is 5.75 Å². The van der Waals surface area contributed by atoms with Crippen LogP contribution in [0.2, 0.25) is 5.02 Å². The van der Waals surface area contributed by atoms with Crippen LogP contribution in [0.3, 0.4) is 0 Å². The van der Waals surface area contributed by atoms with E-state index < -0.39 is 0 Å². The Bertz CT molecular complexity index is 856. The van der Waals surface area contributed by atoms with Crippen LogP contribution in [-0.2, 0) is 0 Å². The normalized spacial score (nSPS) is 10.9. The highest BCUT2D eigenvalue weighted by Crippen LogP contribution is 2.29. The van der Waals surface area contributed by atoms with E-state index in [1.165, 1.54) is 0 Å². The van der Waals surface area contributed by atoms with Gasteiger partial charge >= 0.3 is 0 Å². The van der Waals surface area contributed by atoms with Crippen molar-refractivity contribution in [1.29, 1.82) is 0 Å². The zero-order valence-corrected chi connectivity index (χ0v) is 14.2. The smallest absolute Gasteiger partial charge is 0.182 e. The van der Waals surface area contributed by atoms with E-state index in [1.54, 1.807) is 7.11 Å². The van der Waals surface area contributed by atoms with Crippen LogP contribution in [0.15, 0.2) is 36.4 Å². The predicted octanol–water partition coefficient (Wildman–Crippen LogP) is 4.95. The van der Waals surface area contributed by atoms with Gasteiger partial charge in [-0.1, -0.05) is 11.6 Å². The summed E-state index contributed by atoms with van der Waals surface area (Å²) < 4.78 is 8.94. The topological polar surface area (TPSA) is 29.9 Å². The first-order valence-electron chi connectivity index (χ1n) is 5.84. The number of hydrogen-bond acceptors (Lipinski definition) is 2. The highest BCUT2D eigenvalue weighted by Gasteiger charge is 2.11. The fourth-order valence-electron chi connectivity index (χ4n) is 2.11. The molecule has 0 fully saturated rings. The molecule has 3 rings (SSSR count). The Morgan fingerprint density at radius 3 is 2.80 bits per heavy atom. The number of fused-ring (bicyclic) bond motifs is 1. The van der Waals surface area contributed by atoms with E-state index in [0.29, 0.717) is 9.79 Å². The molecule has 102 valence electrons. The van der Waals surface area contributed by atoms with Crippen LogP contribution in [0, 0.1) is 8.34 Å². The molecule has 0 unspecified atom stereocenters. The number of nitrogens with one attached hydrogen (secondary N) is 1. The summed E-state index contributed by atoms with van der Waals surface area (Å²) in [5.41, 5.74) is 2.79. The average Bonchev–Trinajstić information content (AvgIpc) is 2.74. The summed E-state index contributed by atoms with van der Waals surface area (Å²) in [6.45, 7) is 0. The lowest BCUT2D eigenvalue weighted by Crippen LogP contribution is -1.96. The minimum absolute atomic E-state index is 0.608. The number of rotatable bonds is 2. The van der Waals surface area contributed by atoms with E-state index in [-0.39, 0.29) is 0 Å². The molecule has 0 saturated carbocycles. The van der Waals surface area contributed by atoms with Crippen molar-refractivity contribution in [3.8, 4) is 11.4 Å². The number of aromatic nitrogens is 2. The third kappa shape index (κ3) is 2.34. The minimum Gasteiger partial charge on any atom is -0.497 e. The maximum absolute atomic E-state index is 6.31. The zero-order chi connectivity index (χ0) is 14.3. The molecule has 0 spiro atoms. The van der Waals surface area contributed by atoms with Gasteiger partial charge in [-0.15, -0.1) is 0 Å². The second-order valence-electron chi connectivity index (χ2n) is 4.24. The Hall–Kier alpha value is -1.05. The van der Waals surface area contributed by atoms with Crippen molar-refractivity contribution in [3.05, 3.63) is 49.8 Å². The molecule has 0 aliphatic carbocycles. The zero-order valence-electron chi connectivity index (χ0n) is 10.5. The van der Waals surface area contributed by atoms with Gasteiger partial charge in [0, 0.05) is 9.64 Å². The van der Waals surface area contributed by atoms with Gasteiger partial charge in [0.15, 0.2) is 4.77 Å². The first-order valence-corrected chi connectivity index (χ1v) is 7.71. The third-order valence-corrected chi connectivity index (χ3v) is 4.31. The highest BCUT2D eigenvalue weighted by molar-refractivity contribution is 14.1. The van der Waals surface area contributed by atoms with E-state index in [4.69, 9.17) is 28.6 Å². The molecule has 0 aliphatic rings. The number of aromatic amines is 1. The maximum Gasteiger partial charge on any atom is 0.182 e. The van der Waals surface area contributed by atoms with E-state index in [2.05, 4.69) is 33.6 Å². The van der Waals surface area contributed by atoms with Gasteiger partial charge in [0.25, 0.3) is 0 Å². The third-order valence-electron chi connectivity index (χ3n) is 3.04. The Labute approximate surface area is 139 Å². The lowest BCUT2D eigenvalue weighted by Gasteiger charge is -2.09. The van der Waals surface area contributed by atoms with E-state index in [1.807, 2.05) is 34.9 Å². The van der Waals surface area contributed by atoms with Gasteiger partial charge in [-0.05, 0) is 65.1 Å². The van der Waals surface area contributed by atoms with Crippen molar-refractivity contribution in [1.82, 2.24) is 9.55 Å². The van der Waals surface area contributed by atoms with Crippen molar-refractivity contribution in [3.63, 3.8) is 0 Å². The molecular weight excluding hydrogens is 407 g/mol. The highest BCUT2D eigenvalue weighted by atomic mass is 127. The molecular formula is C14H10ClIN2OS. The second-order valence-corrected chi connectivity index (χ2v) is 6.28. The van der Waals surface area contributed by atoms with Gasteiger partial charge in [-0.3, -0.25) is 4.57 Å². The molecule has 0 atom stereocenters. The number of hydrogen-bond donors (Lipinski definition) is 1. The van der Waals surface area contributed by atoms with Crippen LogP contribution in [0.1, 0.15) is 0 Å². The van der Waals surface area contributed by atoms with Crippen molar-refractivity contribution in [2.45, 2.75) is 0 Å². The number of imidazole rings is 1. The first-order chi connectivity index (χ1) is 9.60. The van der Waals surface area contributed by atoms with E-state index in [9.17, 15) is 0 Å². The number of ether oxygens (including phenoxy) is 1. The standard InChI is InChI=1S/C14H10ClIN2OS/c1-19-9-3-4-10(15)13(7-9)18-12-5-2-8(16)6-11(12)17-14(18)20/h2-7H,1H3,(H,17,20). The second kappa shape index (κ2) is 5.38. The molecule has 6 heteroatoms. The molecule has 0 aliphatic heterocycles. The number of nitrogens with zero attached hydrogens (tertiary/aromatic N) is 1. The summed E-state index contributed by atoms with van der Waals surface area (Å²) in [7, 11) is 1.63. The van der Waals surface area contributed by atoms with Crippen molar-refractivity contribution >= 4 is 57.4 Å². The first kappa shape index (κ1) is 13.9. The maximum atomic E-state index is 6.31. The van der Waals surface area contributed by atoms with Crippen molar-refractivity contribution in [2.24, 2.45) is 0 Å². The number of benzene rings is 2. The lowest BCUT2D eigenvalue weighted by atomic mass is 10.2. The molecule has 3 aromatic rings. The molecule has 1 heterocycles. The molecule has 1 aromatic heterocycles. The molecule has 3 nitrogen and oxygen atoms in total. The number of methoxy groups -OCH3 is 1. The molecule has 0 bridgehead atoms. The summed E-state index contributed by atoms with van der Waals surface area (Å²) in [5, 5.41) is 0.626. The van der Waals surface area contributed by atoms with Crippen LogP contribution in [0.5, 0.6) is 5.75 Å². The molecule has 0 amide bonds. The fraction of sp³-hybridized carbons (Fsp3) is 0.0714. The van der Waals surface area contributed by atoms with Crippen LogP contribution in [0.25, 0.3) is 16.7 Å². The van der Waals surface area contributed by atoms with Gasteiger partial charge in [-0.2, -0.15) is 0 Å². The minimum atomic E-state index is 0.608. The summed E-state index contributed by atoms with van der Waals surface area (Å²) >= 11 is 14.0. The Morgan fingerprint density at radius 2 is 2.05 bits per heavy atom. The van der Waals surface area contributed by atoms with E-state index in [0.717, 1.165) is 26.0 Å². The molecule has 20 heavy (non-hydrogen) atoms. The van der Waals surface area contributed by atoms with Crippen molar-refractivity contribution in [2.75, 3.05) is 7.11 Å². The molecule has 0 saturated heterocycles. The van der Waals surface area contributed by atoms with Gasteiger partial charge in [0.05, 0.1) is 28.9 Å². The summed E-state index contributed by atoms with van der Waals surface area (Å²) in [6.07, 6.45) is 0. The number of H-pyrrole nitrogens is 1. The van der Waals surface area contributed by atoms with Crippen LogP contribution in [0.4, 0.5) is 0 Å². The van der Waals surface area contributed by atoms with Crippen LogP contribution >= 0.6 is 46.4 Å². The van der Waals surface area contributed by atoms with Crippen LogP contribution < -0.4 is 4.74 Å². The Morgan fingerprint density at radius 1 is 1.25 bits per heavy atom. The molecule has 2 aromatic carbocycles. The summed E-state index contributed by atoms with van der Waals surface area (Å²) in [6, 6.07) is 11.6. The van der Waals surface area contributed by atoms with Gasteiger partial charge in [0.2, 0.25) is 0 Å². The Balaban J connectivity index is 2.34. The molecule has 0 radical (unpaired) electrons. The van der Waals surface area contributed by atoms with Gasteiger partial charge < -0.3 is 9.72 Å². The summed E-state index contributed by atoms with van der Waals surface area (Å²) in [5.74, 6) is 0.742. The fourth-order valence-corrected chi connectivity index (χ4v) is 3.11. The van der Waals surface area contributed by atoms with Gasteiger partial charge in [-0.25, -0.2) is 0 Å².